The molecule has 0 saturated carbocycles. The summed E-state index contributed by atoms with van der Waals surface area (Å²) in [5, 5.41) is 26.4. The van der Waals surface area contributed by atoms with Gasteiger partial charge in [0.05, 0.1) is 0 Å². The lowest BCUT2D eigenvalue weighted by molar-refractivity contribution is -0.139. The first-order chi connectivity index (χ1) is 12.3. The lowest BCUT2D eigenvalue weighted by Crippen LogP contribution is -2.34. The van der Waals surface area contributed by atoms with Gasteiger partial charge in [-0.25, -0.2) is 9.59 Å². The number of isocyanates is 1. The van der Waals surface area contributed by atoms with Gasteiger partial charge < -0.3 is 32.5 Å². The van der Waals surface area contributed by atoms with Gasteiger partial charge in [0.2, 0.25) is 6.08 Å². The molecule has 0 aliphatic carbocycles. The minimum atomic E-state index is -1.11. The molecule has 0 aliphatic rings. The van der Waals surface area contributed by atoms with E-state index in [2.05, 4.69) is 10.3 Å². The second-order valence-electron chi connectivity index (χ2n) is 5.19. The highest BCUT2D eigenvalue weighted by Crippen LogP contribution is 2.05. The molecule has 1 aromatic carbocycles. The molecular formula is C16H25N5O6. The molecule has 2 unspecified atom stereocenters. The zero-order valence-corrected chi connectivity index (χ0v) is 14.6. The zero-order valence-electron chi connectivity index (χ0n) is 14.6. The van der Waals surface area contributed by atoms with Gasteiger partial charge in [-0.3, -0.25) is 10.2 Å². The molecule has 27 heavy (non-hydrogen) atoms. The molecular weight excluding hydrogens is 358 g/mol. The Balaban J connectivity index is 0. The molecule has 150 valence electrons. The number of carboxylic acid groups (broad SMARTS) is 2. The number of nitrogens with one attached hydrogen (secondary N) is 2. The van der Waals surface area contributed by atoms with Gasteiger partial charge in [0.1, 0.15) is 6.04 Å². The molecule has 10 N–H and O–H groups in total. The lowest BCUT2D eigenvalue weighted by Gasteiger charge is -2.06. The zero-order chi connectivity index (χ0) is 19.9. The second-order valence-corrected chi connectivity index (χ2v) is 5.19. The first-order valence-corrected chi connectivity index (χ1v) is 7.68. The number of rotatable bonds is 9. The summed E-state index contributed by atoms with van der Waals surface area (Å²) in [5.74, 6) is -2.23. The Morgan fingerprint density at radius 3 is 2.26 bits per heavy atom. The van der Waals surface area contributed by atoms with Gasteiger partial charge in [-0.1, -0.05) is 30.3 Å². The Hall–Kier alpha value is -3.27. The van der Waals surface area contributed by atoms with E-state index in [4.69, 9.17) is 27.1 Å². The number of benzene rings is 1. The SMILES string of the molecule is N=C(N)NCCCC(N)C(=O)O.O.O=C=NC(Cc1ccccc1)C(=O)O. The van der Waals surface area contributed by atoms with Crippen LogP contribution in [0.4, 0.5) is 0 Å². The Labute approximate surface area is 155 Å². The molecule has 0 amide bonds. The van der Waals surface area contributed by atoms with Crippen molar-refractivity contribution in [2.45, 2.75) is 31.3 Å². The quantitative estimate of drug-likeness (QED) is 0.132. The smallest absolute Gasteiger partial charge is 0.329 e. The summed E-state index contributed by atoms with van der Waals surface area (Å²) >= 11 is 0. The maximum Gasteiger partial charge on any atom is 0.329 e. The molecule has 11 heteroatoms. The standard InChI is InChI=1S/C10H9NO3.C6H14N4O2.H2O/c12-7-11-9(10(13)14)6-8-4-2-1-3-5-8;7-4(5(11)12)2-1-3-10-6(8)9;/h1-5,9H,6H2,(H,13,14);4H,1-3,7H2,(H,11,12)(H4,8,9,10);1H2. The number of nitrogens with two attached hydrogens (primary N) is 2. The van der Waals surface area contributed by atoms with Gasteiger partial charge in [0.15, 0.2) is 12.0 Å². The van der Waals surface area contributed by atoms with E-state index in [1.54, 1.807) is 24.3 Å². The maximum absolute atomic E-state index is 10.6. The van der Waals surface area contributed by atoms with Crippen molar-refractivity contribution in [1.82, 2.24) is 5.32 Å². The number of guanidine groups is 1. The van der Waals surface area contributed by atoms with Crippen molar-refractivity contribution in [2.24, 2.45) is 16.5 Å². The summed E-state index contributed by atoms with van der Waals surface area (Å²) < 4.78 is 0. The summed E-state index contributed by atoms with van der Waals surface area (Å²) in [4.78, 5) is 34.0. The summed E-state index contributed by atoms with van der Waals surface area (Å²) in [6.07, 6.45) is 2.45. The van der Waals surface area contributed by atoms with Crippen LogP contribution >= 0.6 is 0 Å². The van der Waals surface area contributed by atoms with Crippen LogP contribution in [0.1, 0.15) is 18.4 Å². The molecule has 1 aromatic rings. The Morgan fingerprint density at radius 1 is 1.22 bits per heavy atom. The van der Waals surface area contributed by atoms with Gasteiger partial charge in [0, 0.05) is 13.0 Å². The topological polar surface area (TPSA) is 223 Å². The van der Waals surface area contributed by atoms with Crippen molar-refractivity contribution < 1.29 is 30.1 Å². The van der Waals surface area contributed by atoms with Crippen LogP contribution in [0.15, 0.2) is 35.3 Å². The van der Waals surface area contributed by atoms with Gasteiger partial charge in [-0.05, 0) is 18.4 Å². The van der Waals surface area contributed by atoms with E-state index >= 15 is 0 Å². The molecule has 2 atom stereocenters. The molecule has 0 heterocycles. The van der Waals surface area contributed by atoms with Crippen molar-refractivity contribution in [3.8, 4) is 0 Å². The van der Waals surface area contributed by atoms with E-state index in [9.17, 15) is 14.4 Å². The molecule has 0 bridgehead atoms. The summed E-state index contributed by atoms with van der Waals surface area (Å²) in [6.45, 7) is 0.482. The summed E-state index contributed by atoms with van der Waals surface area (Å²) in [6, 6.07) is 7.17. The monoisotopic (exact) mass is 383 g/mol. The summed E-state index contributed by atoms with van der Waals surface area (Å²) in [7, 11) is 0. The molecule has 0 aromatic heterocycles. The molecule has 11 nitrogen and oxygen atoms in total. The van der Waals surface area contributed by atoms with E-state index in [-0.39, 0.29) is 17.9 Å². The van der Waals surface area contributed by atoms with Crippen molar-refractivity contribution in [1.29, 1.82) is 5.41 Å². The average molecular weight is 383 g/mol. The Kier molecular flexibility index (Phi) is 14.4. The van der Waals surface area contributed by atoms with Crippen LogP contribution in [-0.4, -0.2) is 58.3 Å². The van der Waals surface area contributed by atoms with Crippen molar-refractivity contribution in [2.75, 3.05) is 6.54 Å². The fraction of sp³-hybridized carbons (Fsp3) is 0.375. The first kappa shape index (κ1) is 26.0. The van der Waals surface area contributed by atoms with Crippen LogP contribution < -0.4 is 16.8 Å². The average Bonchev–Trinajstić information content (AvgIpc) is 2.59. The van der Waals surface area contributed by atoms with Gasteiger partial charge in [0.25, 0.3) is 0 Å². The van der Waals surface area contributed by atoms with Crippen molar-refractivity contribution in [3.05, 3.63) is 35.9 Å². The Bertz CT molecular complexity index is 631. The molecule has 0 fully saturated rings. The number of hydrogen-bond donors (Lipinski definition) is 6. The predicted octanol–water partition coefficient (Wildman–Crippen LogP) is -1.15. The number of carbonyl (C=O) groups excluding carboxylic acids is 1. The van der Waals surface area contributed by atoms with E-state index in [0.717, 1.165) is 5.56 Å². The third kappa shape index (κ3) is 13.7. The van der Waals surface area contributed by atoms with Gasteiger partial charge in [-0.2, -0.15) is 4.99 Å². The highest BCUT2D eigenvalue weighted by Gasteiger charge is 2.16. The Morgan fingerprint density at radius 2 is 1.81 bits per heavy atom. The van der Waals surface area contributed by atoms with Crippen molar-refractivity contribution >= 4 is 24.0 Å². The van der Waals surface area contributed by atoms with Crippen LogP contribution in [0.25, 0.3) is 0 Å². The van der Waals surface area contributed by atoms with Crippen LogP contribution in [0.2, 0.25) is 0 Å². The minimum Gasteiger partial charge on any atom is -0.480 e. The number of aliphatic imine (C=N–C) groups is 1. The van der Waals surface area contributed by atoms with E-state index < -0.39 is 24.0 Å². The molecule has 0 radical (unpaired) electrons. The molecule has 1 rings (SSSR count). The maximum atomic E-state index is 10.6. The third-order valence-electron chi connectivity index (χ3n) is 3.09. The van der Waals surface area contributed by atoms with Crippen LogP contribution in [0, 0.1) is 5.41 Å². The van der Waals surface area contributed by atoms with Crippen molar-refractivity contribution in [3.63, 3.8) is 0 Å². The van der Waals surface area contributed by atoms with Gasteiger partial charge >= 0.3 is 11.9 Å². The van der Waals surface area contributed by atoms with Crippen LogP contribution in [0.5, 0.6) is 0 Å². The number of hydrogen-bond acceptors (Lipinski definition) is 6. The highest BCUT2D eigenvalue weighted by molar-refractivity contribution is 5.75. The molecule has 0 aliphatic heterocycles. The van der Waals surface area contributed by atoms with Crippen LogP contribution in [-0.2, 0) is 20.8 Å². The predicted molar refractivity (Wildman–Crippen MR) is 98.1 cm³/mol. The number of aliphatic carboxylic acids is 2. The van der Waals surface area contributed by atoms with Gasteiger partial charge in [-0.15, -0.1) is 0 Å². The van der Waals surface area contributed by atoms with E-state index in [1.807, 2.05) is 6.07 Å². The normalized spacial score (nSPS) is 11.3. The highest BCUT2D eigenvalue weighted by atomic mass is 16.4. The van der Waals surface area contributed by atoms with Crippen LogP contribution in [0.3, 0.4) is 0 Å². The van der Waals surface area contributed by atoms with E-state index in [1.165, 1.54) is 6.08 Å². The number of carbonyl (C=O) groups is 2. The third-order valence-corrected chi connectivity index (χ3v) is 3.09. The fourth-order valence-electron chi connectivity index (χ4n) is 1.76. The summed E-state index contributed by atoms with van der Waals surface area (Å²) in [5.41, 5.74) is 11.0. The largest absolute Gasteiger partial charge is 0.480 e. The minimum absolute atomic E-state index is 0. The first-order valence-electron chi connectivity index (χ1n) is 7.68. The second kappa shape index (κ2) is 15.0. The lowest BCUT2D eigenvalue weighted by atomic mass is 10.1. The fourth-order valence-corrected chi connectivity index (χ4v) is 1.76. The number of carboxylic acids is 2. The molecule has 0 spiro atoms. The van der Waals surface area contributed by atoms with E-state index in [0.29, 0.717) is 19.4 Å². The number of nitrogens with zero attached hydrogens (tertiary/aromatic N) is 1. The molecule has 0 saturated heterocycles.